The van der Waals surface area contributed by atoms with E-state index in [-0.39, 0.29) is 40.7 Å². The number of likely N-dealkylation sites (tertiary alicyclic amines) is 1. The Bertz CT molecular complexity index is 1470. The van der Waals surface area contributed by atoms with Crippen LogP contribution in [0.4, 0.5) is 10.2 Å². The van der Waals surface area contributed by atoms with Gasteiger partial charge in [0.25, 0.3) is 11.8 Å². The number of likely N-dealkylation sites (N-methyl/N-ethyl adjacent to an activating group) is 1. The van der Waals surface area contributed by atoms with Crippen LogP contribution in [0.2, 0.25) is 0 Å². The number of carbonyl (C=O) groups excluding carboxylic acids is 1. The molecule has 2 fully saturated rings. The van der Waals surface area contributed by atoms with Crippen molar-refractivity contribution in [3.05, 3.63) is 48.1 Å². The first-order valence-corrected chi connectivity index (χ1v) is 16.9. The number of ether oxygens (including phenoxy) is 2. The minimum atomic E-state index is -1.26. The van der Waals surface area contributed by atoms with Gasteiger partial charge >= 0.3 is 11.9 Å². The molecule has 0 radical (unpaired) electrons. The summed E-state index contributed by atoms with van der Waals surface area (Å²) in [5.41, 5.74) is 0.327. The molecule has 14 nitrogen and oxygen atoms in total. The molecule has 2 atom stereocenters. The normalized spacial score (nSPS) is 16.8. The molecular formula is C35H52FN7O7. The zero-order valence-electron chi connectivity index (χ0n) is 30.4. The van der Waals surface area contributed by atoms with Gasteiger partial charge in [0.05, 0.1) is 11.7 Å². The molecule has 2 aromatic rings. The Labute approximate surface area is 293 Å². The van der Waals surface area contributed by atoms with Crippen molar-refractivity contribution in [1.82, 2.24) is 29.9 Å². The van der Waals surface area contributed by atoms with Crippen LogP contribution in [0.1, 0.15) is 57.8 Å². The van der Waals surface area contributed by atoms with E-state index in [1.54, 1.807) is 4.90 Å². The number of aliphatic carboxylic acids is 2. The molecule has 0 aliphatic carbocycles. The lowest BCUT2D eigenvalue weighted by Gasteiger charge is -2.53. The lowest BCUT2D eigenvalue weighted by atomic mass is 9.76. The SMILES string of the molecule is CCN(C(=O)c1cc(F)ccc1Oc1nncnc1N1CCC2(C1)CN([C@H](C[C@H](CN(C)C)OC)C(C)C)C2)C(C)C.O=C(O)/C=C/C(=O)O. The second-order valence-electron chi connectivity index (χ2n) is 13.8. The third-order valence-electron chi connectivity index (χ3n) is 9.00. The number of methoxy groups -OCH3 is 1. The van der Waals surface area contributed by atoms with Crippen molar-refractivity contribution in [3.8, 4) is 11.6 Å². The lowest BCUT2D eigenvalue weighted by Crippen LogP contribution is -2.62. The number of aromatic nitrogens is 3. The van der Waals surface area contributed by atoms with E-state index in [2.05, 4.69) is 57.8 Å². The largest absolute Gasteiger partial charge is 0.478 e. The molecule has 2 aliphatic rings. The predicted molar refractivity (Wildman–Crippen MR) is 186 cm³/mol. The molecule has 2 N–H and O–H groups in total. The fraction of sp³-hybridized carbons (Fsp3) is 0.600. The molecule has 1 amide bonds. The van der Waals surface area contributed by atoms with E-state index in [0.717, 1.165) is 45.6 Å². The molecule has 0 bridgehead atoms. The maximum absolute atomic E-state index is 14.3. The number of hydrogen-bond acceptors (Lipinski definition) is 11. The van der Waals surface area contributed by atoms with Crippen LogP contribution in [0.15, 0.2) is 36.7 Å². The number of benzene rings is 1. The van der Waals surface area contributed by atoms with Crippen molar-refractivity contribution in [2.24, 2.45) is 11.3 Å². The molecule has 50 heavy (non-hydrogen) atoms. The molecule has 1 spiro atoms. The second kappa shape index (κ2) is 18.2. The number of carbonyl (C=O) groups is 3. The van der Waals surface area contributed by atoms with E-state index >= 15 is 0 Å². The highest BCUT2D eigenvalue weighted by Gasteiger charge is 2.50. The highest BCUT2D eigenvalue weighted by Crippen LogP contribution is 2.44. The van der Waals surface area contributed by atoms with Gasteiger partial charge in [-0.3, -0.25) is 9.69 Å². The van der Waals surface area contributed by atoms with Crippen LogP contribution in [0.3, 0.4) is 0 Å². The summed E-state index contributed by atoms with van der Waals surface area (Å²) in [5.74, 6) is -1.75. The Hall–Kier alpha value is -4.21. The smallest absolute Gasteiger partial charge is 0.328 e. The summed E-state index contributed by atoms with van der Waals surface area (Å²) in [5, 5.41) is 23.8. The summed E-state index contributed by atoms with van der Waals surface area (Å²) in [7, 11) is 5.98. The van der Waals surface area contributed by atoms with Gasteiger partial charge in [0.1, 0.15) is 17.9 Å². The summed E-state index contributed by atoms with van der Waals surface area (Å²) in [6.45, 7) is 15.5. The van der Waals surface area contributed by atoms with Crippen LogP contribution in [-0.4, -0.2) is 137 Å². The number of carboxylic acids is 2. The number of anilines is 1. The van der Waals surface area contributed by atoms with E-state index in [0.29, 0.717) is 36.5 Å². The van der Waals surface area contributed by atoms with E-state index in [9.17, 15) is 18.8 Å². The molecule has 1 aromatic heterocycles. The third-order valence-corrected chi connectivity index (χ3v) is 9.00. The van der Waals surface area contributed by atoms with Crippen LogP contribution in [0.25, 0.3) is 0 Å². The van der Waals surface area contributed by atoms with Gasteiger partial charge in [-0.25, -0.2) is 19.0 Å². The summed E-state index contributed by atoms with van der Waals surface area (Å²) < 4.78 is 26.3. The summed E-state index contributed by atoms with van der Waals surface area (Å²) in [6, 6.07) is 4.39. The molecule has 15 heteroatoms. The minimum absolute atomic E-state index is 0.0427. The van der Waals surface area contributed by atoms with Crippen molar-refractivity contribution in [2.75, 3.05) is 65.4 Å². The third kappa shape index (κ3) is 10.9. The number of rotatable bonds is 15. The number of nitrogens with zero attached hydrogens (tertiary/aromatic N) is 7. The summed E-state index contributed by atoms with van der Waals surface area (Å²) in [6.07, 6.45) is 4.78. The topological polar surface area (TPSA) is 162 Å². The van der Waals surface area contributed by atoms with Gasteiger partial charge in [-0.05, 0) is 71.8 Å². The lowest BCUT2D eigenvalue weighted by molar-refractivity contribution is -0.134. The van der Waals surface area contributed by atoms with Gasteiger partial charge in [0.2, 0.25) is 0 Å². The second-order valence-corrected chi connectivity index (χ2v) is 13.8. The Balaban J connectivity index is 0.000000753. The van der Waals surface area contributed by atoms with Gasteiger partial charge in [-0.2, -0.15) is 0 Å². The monoisotopic (exact) mass is 701 g/mol. The first-order chi connectivity index (χ1) is 23.6. The van der Waals surface area contributed by atoms with Crippen molar-refractivity contribution >= 4 is 23.7 Å². The fourth-order valence-electron chi connectivity index (χ4n) is 6.63. The quantitative estimate of drug-likeness (QED) is 0.258. The van der Waals surface area contributed by atoms with Crippen molar-refractivity contribution in [3.63, 3.8) is 0 Å². The van der Waals surface area contributed by atoms with E-state index < -0.39 is 17.8 Å². The zero-order chi connectivity index (χ0) is 37.2. The van der Waals surface area contributed by atoms with Crippen molar-refractivity contribution in [2.45, 2.75) is 65.6 Å². The van der Waals surface area contributed by atoms with E-state index in [4.69, 9.17) is 19.7 Å². The van der Waals surface area contributed by atoms with E-state index in [1.807, 2.05) is 27.9 Å². The molecule has 1 aromatic carbocycles. The number of amides is 1. The Kier molecular flexibility index (Phi) is 14.6. The zero-order valence-corrected chi connectivity index (χ0v) is 30.4. The predicted octanol–water partition coefficient (Wildman–Crippen LogP) is 3.89. The van der Waals surface area contributed by atoms with Gasteiger partial charge in [-0.1, -0.05) is 13.8 Å². The maximum Gasteiger partial charge on any atom is 0.328 e. The average Bonchev–Trinajstić information content (AvgIpc) is 3.48. The highest BCUT2D eigenvalue weighted by molar-refractivity contribution is 5.97. The first kappa shape index (κ1) is 40.2. The maximum atomic E-state index is 14.3. The molecule has 2 aliphatic heterocycles. The van der Waals surface area contributed by atoms with E-state index in [1.165, 1.54) is 24.5 Å². The summed E-state index contributed by atoms with van der Waals surface area (Å²) >= 11 is 0. The summed E-state index contributed by atoms with van der Waals surface area (Å²) in [4.78, 5) is 45.6. The fourth-order valence-corrected chi connectivity index (χ4v) is 6.63. The van der Waals surface area contributed by atoms with Gasteiger partial charge in [0, 0.05) is 76.0 Å². The standard InChI is InChI=1S/C31H48FN7O3.C4H4O4/c1-9-39(22(4)5)30(40)25-14-23(32)10-11-27(25)42-29-28(33-20-34-35-29)37-13-12-31(17-37)18-38(19-31)26(21(2)3)15-24(41-8)16-36(6)7;5-3(6)1-2-4(7)8/h10-11,14,20-22,24,26H,9,12-13,15-19H2,1-8H3;1-2H,(H,5,6)(H,7,8)/b;2-1+/t24-,26-;/m1./s1. The Morgan fingerprint density at radius 3 is 2.28 bits per heavy atom. The first-order valence-electron chi connectivity index (χ1n) is 16.9. The molecule has 0 unspecified atom stereocenters. The van der Waals surface area contributed by atoms with Crippen molar-refractivity contribution < 1.29 is 38.5 Å². The minimum Gasteiger partial charge on any atom is -0.478 e. The van der Waals surface area contributed by atoms with Gasteiger partial charge in [0.15, 0.2) is 5.82 Å². The van der Waals surface area contributed by atoms with Crippen LogP contribution in [0.5, 0.6) is 11.6 Å². The van der Waals surface area contributed by atoms with Crippen LogP contribution in [0, 0.1) is 17.2 Å². The van der Waals surface area contributed by atoms with Crippen LogP contribution < -0.4 is 9.64 Å². The van der Waals surface area contributed by atoms with Crippen molar-refractivity contribution in [1.29, 1.82) is 0 Å². The highest BCUT2D eigenvalue weighted by atomic mass is 19.1. The van der Waals surface area contributed by atoms with Gasteiger partial charge < -0.3 is 34.4 Å². The molecule has 276 valence electrons. The Morgan fingerprint density at radius 1 is 1.08 bits per heavy atom. The van der Waals surface area contributed by atoms with Gasteiger partial charge in [-0.15, -0.1) is 10.2 Å². The number of hydrogen-bond donors (Lipinski definition) is 2. The average molecular weight is 702 g/mol. The van der Waals surface area contributed by atoms with Crippen LogP contribution >= 0.6 is 0 Å². The number of carboxylic acid groups (broad SMARTS) is 2. The van der Waals surface area contributed by atoms with Crippen LogP contribution in [-0.2, 0) is 14.3 Å². The number of halogens is 1. The Morgan fingerprint density at radius 2 is 1.74 bits per heavy atom. The molecule has 3 heterocycles. The molecule has 2 saturated heterocycles. The molecule has 0 saturated carbocycles. The molecule has 4 rings (SSSR count). The molecular weight excluding hydrogens is 649 g/mol.